The highest BCUT2D eigenvalue weighted by atomic mass is 35.5. The van der Waals surface area contributed by atoms with Crippen molar-refractivity contribution < 1.29 is 14.3 Å². The van der Waals surface area contributed by atoms with Crippen molar-refractivity contribution in [3.8, 4) is 11.1 Å². The summed E-state index contributed by atoms with van der Waals surface area (Å²) in [5, 5.41) is 21.1. The van der Waals surface area contributed by atoms with Crippen LogP contribution in [0.1, 0.15) is 48.7 Å². The van der Waals surface area contributed by atoms with E-state index < -0.39 is 18.1 Å². The second-order valence-corrected chi connectivity index (χ2v) is 13.6. The number of amides is 1. The summed E-state index contributed by atoms with van der Waals surface area (Å²) in [6, 6.07) is 9.52. The Morgan fingerprint density at radius 2 is 1.98 bits per heavy atom. The normalized spacial score (nSPS) is 20.5. The zero-order valence-electron chi connectivity index (χ0n) is 24.5. The third kappa shape index (κ3) is 5.99. The molecular weight excluding hydrogens is 636 g/mol. The highest BCUT2D eigenvalue weighted by Gasteiger charge is 2.34. The van der Waals surface area contributed by atoms with Gasteiger partial charge in [-0.2, -0.15) is 5.10 Å². The number of fused-ring (bicyclic) bond motifs is 2. The summed E-state index contributed by atoms with van der Waals surface area (Å²) in [4.78, 5) is 24.8. The summed E-state index contributed by atoms with van der Waals surface area (Å²) in [5.74, 6) is -0.404. The van der Waals surface area contributed by atoms with E-state index in [0.29, 0.717) is 43.5 Å². The van der Waals surface area contributed by atoms with Crippen molar-refractivity contribution in [3.05, 3.63) is 81.4 Å². The SMILES string of the molecule is CN(Cc1ccc(-c2cc(Cl)c3cn([C@@H](C(=O)Nc4nccs4)c4ncn5c4C[C@@H](F)C5)nc3c2Cl)cc1)C1CCC(O)CC1. The van der Waals surface area contributed by atoms with E-state index >= 15 is 0 Å². The smallest absolute Gasteiger partial charge is 0.257 e. The van der Waals surface area contributed by atoms with Gasteiger partial charge in [0.25, 0.3) is 5.91 Å². The molecule has 2 aliphatic rings. The molecule has 0 saturated heterocycles. The van der Waals surface area contributed by atoms with Crippen LogP contribution in [0.5, 0.6) is 0 Å². The lowest BCUT2D eigenvalue weighted by molar-refractivity contribution is -0.118. The first kappa shape index (κ1) is 30.3. The van der Waals surface area contributed by atoms with E-state index in [1.54, 1.807) is 28.7 Å². The number of carbonyl (C=O) groups excluding carboxylic acids is 1. The van der Waals surface area contributed by atoms with E-state index in [9.17, 15) is 14.3 Å². The first-order valence-corrected chi connectivity index (χ1v) is 16.6. The van der Waals surface area contributed by atoms with E-state index in [0.717, 1.165) is 43.4 Å². The third-order valence-corrected chi connectivity index (χ3v) is 10.3. The van der Waals surface area contributed by atoms with Crippen LogP contribution in [0.15, 0.2) is 54.4 Å². The molecule has 2 aromatic carbocycles. The van der Waals surface area contributed by atoms with Crippen LogP contribution in [0, 0.1) is 0 Å². The second-order valence-electron chi connectivity index (χ2n) is 11.9. The van der Waals surface area contributed by atoms with Gasteiger partial charge >= 0.3 is 0 Å². The lowest BCUT2D eigenvalue weighted by Gasteiger charge is -2.33. The van der Waals surface area contributed by atoms with Gasteiger partial charge in [0.05, 0.1) is 34.7 Å². The Bertz CT molecular complexity index is 1830. The molecule has 1 amide bonds. The molecule has 234 valence electrons. The van der Waals surface area contributed by atoms with Crippen molar-refractivity contribution in [2.24, 2.45) is 0 Å². The lowest BCUT2D eigenvalue weighted by Crippen LogP contribution is -2.35. The summed E-state index contributed by atoms with van der Waals surface area (Å²) in [5.41, 5.74) is 4.34. The van der Waals surface area contributed by atoms with Crippen LogP contribution in [0.4, 0.5) is 9.52 Å². The maximum atomic E-state index is 14.3. The largest absolute Gasteiger partial charge is 0.393 e. The minimum absolute atomic E-state index is 0.165. The van der Waals surface area contributed by atoms with Crippen molar-refractivity contribution in [2.75, 3.05) is 12.4 Å². The van der Waals surface area contributed by atoms with Gasteiger partial charge in [-0.25, -0.2) is 14.4 Å². The molecule has 0 bridgehead atoms. The average Bonchev–Trinajstić information content (AvgIpc) is 3.83. The van der Waals surface area contributed by atoms with E-state index in [4.69, 9.17) is 28.3 Å². The van der Waals surface area contributed by atoms with Gasteiger partial charge in [-0.1, -0.05) is 47.5 Å². The van der Waals surface area contributed by atoms with Crippen LogP contribution in [-0.2, 0) is 24.3 Å². The fourth-order valence-electron chi connectivity index (χ4n) is 6.52. The molecular formula is C32H32Cl2FN7O2S. The number of alkyl halides is 1. The van der Waals surface area contributed by atoms with E-state index in [1.807, 2.05) is 18.2 Å². The zero-order chi connectivity index (χ0) is 31.2. The number of aromatic nitrogens is 5. The van der Waals surface area contributed by atoms with Gasteiger partial charge in [0, 0.05) is 53.4 Å². The van der Waals surface area contributed by atoms with Crippen molar-refractivity contribution in [3.63, 3.8) is 0 Å². The van der Waals surface area contributed by atoms with Crippen LogP contribution >= 0.6 is 34.5 Å². The van der Waals surface area contributed by atoms with Crippen molar-refractivity contribution >= 4 is 56.5 Å². The van der Waals surface area contributed by atoms with E-state index in [-0.39, 0.29) is 19.1 Å². The zero-order valence-corrected chi connectivity index (χ0v) is 26.9. The van der Waals surface area contributed by atoms with Crippen LogP contribution in [0.2, 0.25) is 10.0 Å². The summed E-state index contributed by atoms with van der Waals surface area (Å²) in [7, 11) is 2.13. The number of thiazole rings is 1. The number of imidazole rings is 1. The summed E-state index contributed by atoms with van der Waals surface area (Å²) < 4.78 is 17.6. The summed E-state index contributed by atoms with van der Waals surface area (Å²) in [6.07, 6.45) is 7.53. The Hall–Kier alpha value is -3.35. The topological polar surface area (TPSA) is 101 Å². The molecule has 1 fully saturated rings. The number of hydrogen-bond acceptors (Lipinski definition) is 7. The Morgan fingerprint density at radius 3 is 2.71 bits per heavy atom. The molecule has 0 unspecified atom stereocenters. The number of hydrogen-bond donors (Lipinski definition) is 2. The summed E-state index contributed by atoms with van der Waals surface area (Å²) >= 11 is 15.1. The predicted molar refractivity (Wildman–Crippen MR) is 175 cm³/mol. The first-order chi connectivity index (χ1) is 21.7. The average molecular weight is 669 g/mol. The van der Waals surface area contributed by atoms with E-state index in [2.05, 4.69) is 39.4 Å². The van der Waals surface area contributed by atoms with E-state index in [1.165, 1.54) is 21.6 Å². The number of aliphatic hydroxyl groups is 1. The number of anilines is 1. The quantitative estimate of drug-likeness (QED) is 0.195. The number of aliphatic hydroxyl groups excluding tert-OH is 1. The number of nitrogens with zero attached hydrogens (tertiary/aromatic N) is 6. The minimum atomic E-state index is -1.04. The summed E-state index contributed by atoms with van der Waals surface area (Å²) in [6.45, 7) is 1.01. The molecule has 7 rings (SSSR count). The number of benzene rings is 2. The maximum absolute atomic E-state index is 14.3. The standard InChI is InChI=1S/C32H32Cl2FN7O2S/c1-40(21-6-8-22(43)9-7-21)14-18-2-4-19(5-3-18)23-13-25(33)24-16-42(39-28(24)27(23)34)30(31(44)38-32-36-10-11-45-32)29-26-12-20(35)15-41(26)17-37-29/h2-5,10-11,13,16-17,20-22,30,43H,6-9,12,14-15H2,1H3,(H,36,38,44)/t20-,21?,22?,30-/m1/s1. The van der Waals surface area contributed by atoms with Crippen LogP contribution < -0.4 is 5.32 Å². The van der Waals surface area contributed by atoms with Crippen molar-refractivity contribution in [2.45, 2.75) is 69.6 Å². The van der Waals surface area contributed by atoms with Gasteiger partial charge < -0.3 is 9.67 Å². The van der Waals surface area contributed by atoms with Crippen molar-refractivity contribution in [1.29, 1.82) is 0 Å². The number of rotatable bonds is 8. The monoisotopic (exact) mass is 667 g/mol. The van der Waals surface area contributed by atoms with Gasteiger partial charge in [0.15, 0.2) is 11.2 Å². The molecule has 2 N–H and O–H groups in total. The highest BCUT2D eigenvalue weighted by Crippen LogP contribution is 2.39. The first-order valence-electron chi connectivity index (χ1n) is 15.0. The number of carbonyl (C=O) groups is 1. The van der Waals surface area contributed by atoms with Gasteiger partial charge in [-0.15, -0.1) is 11.3 Å². The van der Waals surface area contributed by atoms with Crippen LogP contribution in [-0.4, -0.2) is 65.6 Å². The second kappa shape index (κ2) is 12.4. The molecule has 9 nitrogen and oxygen atoms in total. The molecule has 3 aromatic heterocycles. The molecule has 0 spiro atoms. The Labute approximate surface area is 273 Å². The van der Waals surface area contributed by atoms with Crippen molar-refractivity contribution in [1.82, 2.24) is 29.2 Å². The maximum Gasteiger partial charge on any atom is 0.257 e. The molecule has 1 aliphatic carbocycles. The molecule has 1 saturated carbocycles. The highest BCUT2D eigenvalue weighted by molar-refractivity contribution is 7.13. The van der Waals surface area contributed by atoms with Gasteiger partial charge in [-0.05, 0) is 49.9 Å². The fourth-order valence-corrected chi connectivity index (χ4v) is 7.60. The van der Waals surface area contributed by atoms with Crippen LogP contribution in [0.25, 0.3) is 22.0 Å². The molecule has 1 aliphatic heterocycles. The predicted octanol–water partition coefficient (Wildman–Crippen LogP) is 6.52. The van der Waals surface area contributed by atoms with Gasteiger partial charge in [-0.3, -0.25) is 19.7 Å². The molecule has 45 heavy (non-hydrogen) atoms. The number of nitrogens with one attached hydrogen (secondary N) is 1. The lowest BCUT2D eigenvalue weighted by atomic mass is 9.92. The van der Waals surface area contributed by atoms with Crippen LogP contribution in [0.3, 0.4) is 0 Å². The molecule has 0 radical (unpaired) electrons. The van der Waals surface area contributed by atoms with Gasteiger partial charge in [0.1, 0.15) is 11.7 Å². The molecule has 4 heterocycles. The van der Waals surface area contributed by atoms with Gasteiger partial charge in [0.2, 0.25) is 0 Å². The Kier molecular flexibility index (Phi) is 8.39. The molecule has 5 aromatic rings. The molecule has 13 heteroatoms. The Morgan fingerprint density at radius 1 is 1.20 bits per heavy atom. The minimum Gasteiger partial charge on any atom is -0.393 e. The number of halogens is 3. The Balaban J connectivity index is 1.20. The molecule has 2 atom stereocenters. The third-order valence-electron chi connectivity index (χ3n) is 8.91. The fraction of sp³-hybridized carbons (Fsp3) is 0.375.